The molecule has 70 valence electrons. The van der Waals surface area contributed by atoms with Crippen molar-refractivity contribution < 1.29 is 4.79 Å². The molecule has 2 nitrogen and oxygen atoms in total. The van der Waals surface area contributed by atoms with Gasteiger partial charge in [-0.2, -0.15) is 0 Å². The van der Waals surface area contributed by atoms with Crippen LogP contribution < -0.4 is 4.90 Å². The van der Waals surface area contributed by atoms with Gasteiger partial charge in [-0.25, -0.2) is 0 Å². The highest BCUT2D eigenvalue weighted by Crippen LogP contribution is 2.18. The average Bonchev–Trinajstić information content (AvgIpc) is 2.16. The largest absolute Gasteiger partial charge is 0.315 e. The molecule has 0 heterocycles. The first-order chi connectivity index (χ1) is 6.16. The molecular formula is C11H15NO. The van der Waals surface area contributed by atoms with E-state index in [1.165, 1.54) is 0 Å². The first-order valence-electron chi connectivity index (χ1n) is 4.49. The number of benzene rings is 1. The minimum Gasteiger partial charge on any atom is -0.315 e. The molecule has 0 aromatic heterocycles. The van der Waals surface area contributed by atoms with Crippen molar-refractivity contribution in [3.05, 3.63) is 29.8 Å². The van der Waals surface area contributed by atoms with E-state index in [9.17, 15) is 4.79 Å². The summed E-state index contributed by atoms with van der Waals surface area (Å²) in [6.45, 7) is 3.88. The predicted molar refractivity (Wildman–Crippen MR) is 54.9 cm³/mol. The van der Waals surface area contributed by atoms with Crippen molar-refractivity contribution in [3.8, 4) is 0 Å². The zero-order valence-corrected chi connectivity index (χ0v) is 8.37. The number of anilines is 1. The van der Waals surface area contributed by atoms with Gasteiger partial charge in [0, 0.05) is 19.2 Å². The second kappa shape index (κ2) is 4.08. The lowest BCUT2D eigenvalue weighted by Gasteiger charge is -2.18. The van der Waals surface area contributed by atoms with E-state index in [1.54, 1.807) is 4.90 Å². The van der Waals surface area contributed by atoms with Crippen LogP contribution in [0, 0.1) is 6.92 Å². The molecule has 0 atom stereocenters. The fourth-order valence-corrected chi connectivity index (χ4v) is 1.31. The molecule has 0 N–H and O–H groups in total. The van der Waals surface area contributed by atoms with Crippen LogP contribution in [0.15, 0.2) is 24.3 Å². The molecule has 0 unspecified atom stereocenters. The van der Waals surface area contributed by atoms with Gasteiger partial charge in [0.15, 0.2) is 0 Å². The van der Waals surface area contributed by atoms with Gasteiger partial charge in [-0.15, -0.1) is 0 Å². The van der Waals surface area contributed by atoms with Crippen LogP contribution in [0.3, 0.4) is 0 Å². The number of carbonyl (C=O) groups is 1. The molecular weight excluding hydrogens is 162 g/mol. The maximum atomic E-state index is 11.4. The normalized spacial score (nSPS) is 9.77. The molecule has 0 bridgehead atoms. The van der Waals surface area contributed by atoms with E-state index >= 15 is 0 Å². The van der Waals surface area contributed by atoms with Crippen molar-refractivity contribution in [1.82, 2.24) is 0 Å². The van der Waals surface area contributed by atoms with Crippen molar-refractivity contribution >= 4 is 11.6 Å². The molecule has 1 aromatic carbocycles. The summed E-state index contributed by atoms with van der Waals surface area (Å²) in [5.41, 5.74) is 2.13. The molecule has 0 fully saturated rings. The van der Waals surface area contributed by atoms with Gasteiger partial charge >= 0.3 is 0 Å². The van der Waals surface area contributed by atoms with Crippen molar-refractivity contribution in [2.45, 2.75) is 20.3 Å². The lowest BCUT2D eigenvalue weighted by Crippen LogP contribution is -2.25. The van der Waals surface area contributed by atoms with Crippen LogP contribution in [0.2, 0.25) is 0 Å². The molecule has 1 aromatic rings. The third-order valence-corrected chi connectivity index (χ3v) is 2.15. The summed E-state index contributed by atoms with van der Waals surface area (Å²) in [5, 5.41) is 0. The topological polar surface area (TPSA) is 20.3 Å². The van der Waals surface area contributed by atoms with Gasteiger partial charge in [0.1, 0.15) is 0 Å². The highest BCUT2D eigenvalue weighted by molar-refractivity contribution is 5.93. The van der Waals surface area contributed by atoms with Gasteiger partial charge in [-0.05, 0) is 18.6 Å². The second-order valence-corrected chi connectivity index (χ2v) is 3.09. The quantitative estimate of drug-likeness (QED) is 0.679. The first-order valence-corrected chi connectivity index (χ1v) is 4.49. The number of carbonyl (C=O) groups excluding carboxylic acids is 1. The summed E-state index contributed by atoms with van der Waals surface area (Å²) in [7, 11) is 1.81. The fraction of sp³-hybridized carbons (Fsp3) is 0.364. The van der Waals surface area contributed by atoms with E-state index in [1.807, 2.05) is 45.2 Å². The molecule has 0 saturated heterocycles. The van der Waals surface area contributed by atoms with Gasteiger partial charge in [-0.3, -0.25) is 4.79 Å². The van der Waals surface area contributed by atoms with E-state index in [4.69, 9.17) is 0 Å². The molecule has 0 saturated carbocycles. The molecule has 0 aliphatic heterocycles. The monoisotopic (exact) mass is 177 g/mol. The summed E-state index contributed by atoms with van der Waals surface area (Å²) in [4.78, 5) is 13.1. The van der Waals surface area contributed by atoms with Crippen molar-refractivity contribution in [2.75, 3.05) is 11.9 Å². The average molecular weight is 177 g/mol. The number of hydrogen-bond acceptors (Lipinski definition) is 1. The highest BCUT2D eigenvalue weighted by Gasteiger charge is 2.09. The number of para-hydroxylation sites is 1. The molecule has 1 rings (SSSR count). The zero-order valence-electron chi connectivity index (χ0n) is 8.37. The van der Waals surface area contributed by atoms with Gasteiger partial charge < -0.3 is 4.90 Å². The van der Waals surface area contributed by atoms with Crippen molar-refractivity contribution in [3.63, 3.8) is 0 Å². The fourth-order valence-electron chi connectivity index (χ4n) is 1.31. The van der Waals surface area contributed by atoms with E-state index in [0.29, 0.717) is 6.42 Å². The predicted octanol–water partition coefficient (Wildman–Crippen LogP) is 2.37. The Labute approximate surface area is 79.2 Å². The van der Waals surface area contributed by atoms with Gasteiger partial charge in [-0.1, -0.05) is 25.1 Å². The SMILES string of the molecule is CCC(=O)N(C)c1ccccc1C. The number of rotatable bonds is 2. The maximum absolute atomic E-state index is 11.4. The van der Waals surface area contributed by atoms with Gasteiger partial charge in [0.25, 0.3) is 0 Å². The van der Waals surface area contributed by atoms with E-state index in [-0.39, 0.29) is 5.91 Å². The van der Waals surface area contributed by atoms with Crippen LogP contribution in [0.1, 0.15) is 18.9 Å². The van der Waals surface area contributed by atoms with E-state index in [2.05, 4.69) is 0 Å². The maximum Gasteiger partial charge on any atom is 0.226 e. The number of amides is 1. The van der Waals surface area contributed by atoms with E-state index in [0.717, 1.165) is 11.3 Å². The van der Waals surface area contributed by atoms with Crippen LogP contribution in [-0.4, -0.2) is 13.0 Å². The number of nitrogens with zero attached hydrogens (tertiary/aromatic N) is 1. The Morgan fingerprint density at radius 3 is 2.54 bits per heavy atom. The first kappa shape index (κ1) is 9.78. The Kier molecular flexibility index (Phi) is 3.07. The Balaban J connectivity index is 2.95. The lowest BCUT2D eigenvalue weighted by molar-refractivity contribution is -0.118. The van der Waals surface area contributed by atoms with Gasteiger partial charge in [0.2, 0.25) is 5.91 Å². The van der Waals surface area contributed by atoms with Crippen LogP contribution in [-0.2, 0) is 4.79 Å². The Bertz CT molecular complexity index is 307. The Hall–Kier alpha value is -1.31. The molecule has 0 aliphatic carbocycles. The molecule has 0 spiro atoms. The van der Waals surface area contributed by atoms with Crippen LogP contribution in [0.4, 0.5) is 5.69 Å². The summed E-state index contributed by atoms with van der Waals surface area (Å²) >= 11 is 0. The Morgan fingerprint density at radius 1 is 1.38 bits per heavy atom. The van der Waals surface area contributed by atoms with Crippen molar-refractivity contribution in [1.29, 1.82) is 0 Å². The van der Waals surface area contributed by atoms with Crippen LogP contribution in [0.5, 0.6) is 0 Å². The minimum atomic E-state index is 0.148. The summed E-state index contributed by atoms with van der Waals surface area (Å²) < 4.78 is 0. The molecule has 13 heavy (non-hydrogen) atoms. The number of aryl methyl sites for hydroxylation is 1. The van der Waals surface area contributed by atoms with Gasteiger partial charge in [0.05, 0.1) is 0 Å². The Morgan fingerprint density at radius 2 is 2.00 bits per heavy atom. The van der Waals surface area contributed by atoms with E-state index < -0.39 is 0 Å². The minimum absolute atomic E-state index is 0.148. The molecule has 2 heteroatoms. The van der Waals surface area contributed by atoms with Crippen LogP contribution >= 0.6 is 0 Å². The smallest absolute Gasteiger partial charge is 0.226 e. The molecule has 0 aliphatic rings. The third kappa shape index (κ3) is 2.08. The third-order valence-electron chi connectivity index (χ3n) is 2.15. The summed E-state index contributed by atoms with van der Waals surface area (Å²) in [6.07, 6.45) is 0.546. The van der Waals surface area contributed by atoms with Crippen LogP contribution in [0.25, 0.3) is 0 Å². The number of hydrogen-bond donors (Lipinski definition) is 0. The standard InChI is InChI=1S/C11H15NO/c1-4-11(13)12(3)10-8-6-5-7-9(10)2/h5-8H,4H2,1-3H3. The lowest BCUT2D eigenvalue weighted by atomic mass is 10.2. The van der Waals surface area contributed by atoms with Crippen molar-refractivity contribution in [2.24, 2.45) is 0 Å². The molecule has 0 radical (unpaired) electrons. The summed E-state index contributed by atoms with van der Waals surface area (Å²) in [5.74, 6) is 0.148. The second-order valence-electron chi connectivity index (χ2n) is 3.09. The molecule has 1 amide bonds. The zero-order chi connectivity index (χ0) is 9.84. The highest BCUT2D eigenvalue weighted by atomic mass is 16.2. The summed E-state index contributed by atoms with van der Waals surface area (Å²) in [6, 6.07) is 7.89.